The lowest BCUT2D eigenvalue weighted by Crippen LogP contribution is -2.20. The molecule has 0 spiro atoms. The van der Waals surface area contributed by atoms with Crippen molar-refractivity contribution in [3.63, 3.8) is 0 Å². The van der Waals surface area contributed by atoms with E-state index in [4.69, 9.17) is 4.52 Å². The van der Waals surface area contributed by atoms with Crippen LogP contribution in [0.15, 0.2) is 4.52 Å². The molecule has 0 amide bonds. The zero-order chi connectivity index (χ0) is 12.1. The molecule has 0 saturated carbocycles. The van der Waals surface area contributed by atoms with Crippen molar-refractivity contribution < 1.29 is 4.52 Å². The molecular formula is C12H21N3OS. The van der Waals surface area contributed by atoms with Crippen molar-refractivity contribution in [1.29, 1.82) is 0 Å². The van der Waals surface area contributed by atoms with E-state index in [1.165, 1.54) is 19.3 Å². The Hall–Kier alpha value is -0.550. The lowest BCUT2D eigenvalue weighted by Gasteiger charge is -2.09. The van der Waals surface area contributed by atoms with E-state index in [1.54, 1.807) is 0 Å². The predicted octanol–water partition coefficient (Wildman–Crippen LogP) is 2.92. The lowest BCUT2D eigenvalue weighted by atomic mass is 10.1. The molecule has 1 unspecified atom stereocenters. The van der Waals surface area contributed by atoms with Gasteiger partial charge >= 0.3 is 0 Å². The van der Waals surface area contributed by atoms with E-state index in [0.29, 0.717) is 5.25 Å². The fourth-order valence-corrected chi connectivity index (χ4v) is 2.55. The summed E-state index contributed by atoms with van der Waals surface area (Å²) in [5.41, 5.74) is 0. The molecule has 2 heterocycles. The Morgan fingerprint density at radius 2 is 2.29 bits per heavy atom. The minimum atomic E-state index is 0.266. The number of thioether (sulfide) groups is 1. The first kappa shape index (κ1) is 12.9. The monoisotopic (exact) mass is 255 g/mol. The largest absolute Gasteiger partial charge is 0.338 e. The van der Waals surface area contributed by atoms with Crippen molar-refractivity contribution in [2.45, 2.75) is 56.6 Å². The highest BCUT2D eigenvalue weighted by Gasteiger charge is 2.19. The molecule has 2 rings (SSSR count). The van der Waals surface area contributed by atoms with Crippen LogP contribution in [0, 0.1) is 0 Å². The Bertz CT molecular complexity index is 332. The van der Waals surface area contributed by atoms with Gasteiger partial charge in [-0.25, -0.2) is 0 Å². The Morgan fingerprint density at radius 3 is 3.12 bits per heavy atom. The molecule has 0 aliphatic carbocycles. The van der Waals surface area contributed by atoms with Gasteiger partial charge in [-0.2, -0.15) is 16.7 Å². The molecule has 4 nitrogen and oxygen atoms in total. The molecule has 1 N–H and O–H groups in total. The van der Waals surface area contributed by atoms with Crippen LogP contribution < -0.4 is 5.32 Å². The first-order chi connectivity index (χ1) is 8.25. The highest BCUT2D eigenvalue weighted by atomic mass is 32.2. The summed E-state index contributed by atoms with van der Waals surface area (Å²) >= 11 is 1.84. The molecule has 1 saturated heterocycles. The van der Waals surface area contributed by atoms with Crippen LogP contribution in [-0.2, 0) is 5.75 Å². The summed E-state index contributed by atoms with van der Waals surface area (Å²) in [4.78, 5) is 4.49. The lowest BCUT2D eigenvalue weighted by molar-refractivity contribution is 0.325. The summed E-state index contributed by atoms with van der Waals surface area (Å²) in [7, 11) is 0. The fraction of sp³-hybridized carbons (Fsp3) is 0.833. The molecule has 5 heteroatoms. The van der Waals surface area contributed by atoms with E-state index in [0.717, 1.165) is 30.4 Å². The Balaban J connectivity index is 1.92. The van der Waals surface area contributed by atoms with Crippen molar-refractivity contribution in [3.8, 4) is 0 Å². The maximum Gasteiger partial charge on any atom is 0.243 e. The quantitative estimate of drug-likeness (QED) is 0.896. The van der Waals surface area contributed by atoms with E-state index < -0.39 is 0 Å². The molecule has 1 aromatic heterocycles. The number of hydrogen-bond acceptors (Lipinski definition) is 5. The van der Waals surface area contributed by atoms with E-state index in [2.05, 4.69) is 29.3 Å². The number of rotatable bonds is 4. The average Bonchev–Trinajstić information content (AvgIpc) is 2.60. The molecule has 1 fully saturated rings. The maximum atomic E-state index is 5.36. The van der Waals surface area contributed by atoms with Crippen LogP contribution in [0.1, 0.15) is 57.3 Å². The third-order valence-corrected chi connectivity index (χ3v) is 3.98. The van der Waals surface area contributed by atoms with E-state index in [1.807, 2.05) is 11.8 Å². The minimum absolute atomic E-state index is 0.266. The number of aromatic nitrogens is 2. The van der Waals surface area contributed by atoms with Gasteiger partial charge in [0, 0.05) is 0 Å². The first-order valence-electron chi connectivity index (χ1n) is 6.43. The van der Waals surface area contributed by atoms with Gasteiger partial charge in [0.25, 0.3) is 0 Å². The third-order valence-electron chi connectivity index (χ3n) is 2.89. The van der Waals surface area contributed by atoms with Gasteiger partial charge in [-0.05, 0) is 24.6 Å². The second-order valence-corrected chi connectivity index (χ2v) is 6.33. The SMILES string of the molecule is CC(C)SCc1noc(C2CCCCCN2)n1. The van der Waals surface area contributed by atoms with Crippen LogP contribution >= 0.6 is 11.8 Å². The molecule has 1 aromatic rings. The maximum absolute atomic E-state index is 5.36. The zero-order valence-electron chi connectivity index (χ0n) is 10.6. The minimum Gasteiger partial charge on any atom is -0.338 e. The van der Waals surface area contributed by atoms with Gasteiger partial charge in [0.1, 0.15) is 0 Å². The van der Waals surface area contributed by atoms with Gasteiger partial charge in [-0.15, -0.1) is 0 Å². The molecule has 1 aliphatic rings. The highest BCUT2D eigenvalue weighted by molar-refractivity contribution is 7.99. The summed E-state index contributed by atoms with van der Waals surface area (Å²) in [5, 5.41) is 8.12. The normalized spacial score (nSPS) is 21.7. The zero-order valence-corrected chi connectivity index (χ0v) is 11.4. The summed E-state index contributed by atoms with van der Waals surface area (Å²) < 4.78 is 5.36. The van der Waals surface area contributed by atoms with E-state index in [-0.39, 0.29) is 6.04 Å². The van der Waals surface area contributed by atoms with Gasteiger partial charge in [0.05, 0.1) is 11.8 Å². The molecule has 96 valence electrons. The van der Waals surface area contributed by atoms with Gasteiger partial charge in [-0.1, -0.05) is 31.8 Å². The third kappa shape index (κ3) is 4.00. The van der Waals surface area contributed by atoms with Crippen LogP contribution in [0.3, 0.4) is 0 Å². The number of nitrogens with zero attached hydrogens (tertiary/aromatic N) is 2. The molecule has 1 atom stereocenters. The average molecular weight is 255 g/mol. The topological polar surface area (TPSA) is 51.0 Å². The van der Waals surface area contributed by atoms with E-state index >= 15 is 0 Å². The second kappa shape index (κ2) is 6.40. The van der Waals surface area contributed by atoms with Crippen molar-refractivity contribution in [2.24, 2.45) is 0 Å². The fourth-order valence-electron chi connectivity index (χ4n) is 1.95. The van der Waals surface area contributed by atoms with E-state index in [9.17, 15) is 0 Å². The van der Waals surface area contributed by atoms with Gasteiger partial charge < -0.3 is 9.84 Å². The van der Waals surface area contributed by atoms with Crippen molar-refractivity contribution in [3.05, 3.63) is 11.7 Å². The van der Waals surface area contributed by atoms with Gasteiger partial charge in [0.2, 0.25) is 5.89 Å². The second-order valence-electron chi connectivity index (χ2n) is 4.76. The molecule has 0 radical (unpaired) electrons. The summed E-state index contributed by atoms with van der Waals surface area (Å²) in [5.74, 6) is 2.43. The summed E-state index contributed by atoms with van der Waals surface area (Å²) in [6.45, 7) is 5.42. The Kier molecular flexibility index (Phi) is 4.86. The smallest absolute Gasteiger partial charge is 0.243 e. The molecular weight excluding hydrogens is 234 g/mol. The van der Waals surface area contributed by atoms with Crippen LogP contribution in [0.2, 0.25) is 0 Å². The molecule has 0 aromatic carbocycles. The van der Waals surface area contributed by atoms with Crippen LogP contribution in [-0.4, -0.2) is 21.9 Å². The van der Waals surface area contributed by atoms with Crippen molar-refractivity contribution in [1.82, 2.24) is 15.5 Å². The van der Waals surface area contributed by atoms with Crippen molar-refractivity contribution >= 4 is 11.8 Å². The standard InChI is InChI=1S/C12H21N3OS/c1-9(2)17-8-11-14-12(16-15-11)10-6-4-3-5-7-13-10/h9-10,13H,3-8H2,1-2H3. The highest BCUT2D eigenvalue weighted by Crippen LogP contribution is 2.22. The van der Waals surface area contributed by atoms with Crippen molar-refractivity contribution in [2.75, 3.05) is 6.54 Å². The molecule has 0 bridgehead atoms. The van der Waals surface area contributed by atoms with Crippen LogP contribution in [0.4, 0.5) is 0 Å². The number of nitrogens with one attached hydrogen (secondary N) is 1. The molecule has 1 aliphatic heterocycles. The molecule has 17 heavy (non-hydrogen) atoms. The first-order valence-corrected chi connectivity index (χ1v) is 7.48. The Morgan fingerprint density at radius 1 is 1.41 bits per heavy atom. The number of hydrogen-bond donors (Lipinski definition) is 1. The summed E-state index contributed by atoms with van der Waals surface area (Å²) in [6, 6.07) is 0.266. The van der Waals surface area contributed by atoms with Crippen LogP contribution in [0.5, 0.6) is 0 Å². The van der Waals surface area contributed by atoms with Crippen LogP contribution in [0.25, 0.3) is 0 Å². The predicted molar refractivity (Wildman–Crippen MR) is 69.9 cm³/mol. The van der Waals surface area contributed by atoms with Gasteiger partial charge in [0.15, 0.2) is 5.82 Å². The summed E-state index contributed by atoms with van der Waals surface area (Å²) in [6.07, 6.45) is 4.91. The van der Waals surface area contributed by atoms with Gasteiger partial charge in [-0.3, -0.25) is 0 Å². The Labute approximate surface area is 107 Å².